The molecule has 0 saturated carbocycles. The number of halogens is 1. The Morgan fingerprint density at radius 3 is 1.88 bits per heavy atom. The van der Waals surface area contributed by atoms with Gasteiger partial charge in [-0.1, -0.05) is 0 Å². The Morgan fingerprint density at radius 1 is 1.03 bits per heavy atom. The summed E-state index contributed by atoms with van der Waals surface area (Å²) in [6.45, 7) is 9.99. The number of anilines is 1. The van der Waals surface area contributed by atoms with Crippen molar-refractivity contribution >= 4 is 43.6 Å². The normalized spacial score (nSPS) is 12.1. The molecule has 0 atom stereocenters. The van der Waals surface area contributed by atoms with E-state index >= 15 is 0 Å². The molecule has 1 aromatic rings. The third kappa shape index (κ3) is 7.83. The second-order valence-electron chi connectivity index (χ2n) is 8.50. The zero-order valence-electron chi connectivity index (χ0n) is 18.9. The summed E-state index contributed by atoms with van der Waals surface area (Å²) in [4.78, 5) is 50.0. The van der Waals surface area contributed by atoms with Gasteiger partial charge in [-0.05, 0) is 54.5 Å². The van der Waals surface area contributed by atoms with Crippen LogP contribution in [0.15, 0.2) is 22.0 Å². The second kappa shape index (κ2) is 9.90. The predicted octanol–water partition coefficient (Wildman–Crippen LogP) is 3.02. The topological polar surface area (TPSA) is 138 Å². The van der Waals surface area contributed by atoms with Crippen molar-refractivity contribution in [1.82, 2.24) is 4.57 Å². The molecule has 2 amide bonds. The van der Waals surface area contributed by atoms with Crippen LogP contribution in [0.3, 0.4) is 0 Å². The lowest BCUT2D eigenvalue weighted by Crippen LogP contribution is -2.47. The number of hydrogen-bond donors (Lipinski definition) is 0. The van der Waals surface area contributed by atoms with Gasteiger partial charge < -0.3 is 18.8 Å². The monoisotopic (exact) mass is 494 g/mol. The highest BCUT2D eigenvalue weighted by molar-refractivity contribution is 8.13. The van der Waals surface area contributed by atoms with Crippen molar-refractivity contribution in [2.24, 2.45) is 0 Å². The molecule has 0 aromatic carbocycles. The van der Waals surface area contributed by atoms with Crippen LogP contribution in [-0.4, -0.2) is 48.9 Å². The molecular weight excluding hydrogens is 468 g/mol. The summed E-state index contributed by atoms with van der Waals surface area (Å²) in [5, 5.41) is 0. The van der Waals surface area contributed by atoms with Crippen LogP contribution >= 0.6 is 10.7 Å². The molecule has 0 unspecified atom stereocenters. The van der Waals surface area contributed by atoms with Crippen molar-refractivity contribution in [2.45, 2.75) is 71.1 Å². The zero-order chi connectivity index (χ0) is 25.1. The molecular formula is C19H27ClN2O9S. The van der Waals surface area contributed by atoms with Gasteiger partial charge in [-0.3, -0.25) is 9.59 Å². The van der Waals surface area contributed by atoms with E-state index in [1.807, 2.05) is 0 Å². The lowest BCUT2D eigenvalue weighted by atomic mass is 10.2. The summed E-state index contributed by atoms with van der Waals surface area (Å²) in [7, 11) is 0.839. The van der Waals surface area contributed by atoms with Crippen LogP contribution in [0.1, 0.15) is 48.5 Å². The van der Waals surface area contributed by atoms with Gasteiger partial charge in [-0.25, -0.2) is 18.0 Å². The smallest absolute Gasteiger partial charge is 0.424 e. The largest absolute Gasteiger partial charge is 0.465 e. The molecule has 0 radical (unpaired) electrons. The van der Waals surface area contributed by atoms with Crippen LogP contribution < -0.4 is 10.5 Å². The summed E-state index contributed by atoms with van der Waals surface area (Å²) in [6, 6.07) is 0.875. The molecule has 0 saturated heterocycles. The number of rotatable bonds is 5. The van der Waals surface area contributed by atoms with Crippen molar-refractivity contribution < 1.29 is 37.0 Å². The van der Waals surface area contributed by atoms with Gasteiger partial charge in [0.25, 0.3) is 14.6 Å². The Balaban J connectivity index is 3.83. The van der Waals surface area contributed by atoms with E-state index in [2.05, 4.69) is 0 Å². The van der Waals surface area contributed by atoms with Crippen molar-refractivity contribution in [1.29, 1.82) is 0 Å². The number of carbonyl (C=O) groups is 3. The van der Waals surface area contributed by atoms with E-state index in [1.54, 1.807) is 6.92 Å². The average molecular weight is 495 g/mol. The maximum absolute atomic E-state index is 13.1. The Hall–Kier alpha value is -2.60. The van der Waals surface area contributed by atoms with Gasteiger partial charge in [0.2, 0.25) is 0 Å². The minimum Gasteiger partial charge on any atom is -0.465 e. The highest BCUT2D eigenvalue weighted by Gasteiger charge is 2.38. The van der Waals surface area contributed by atoms with Gasteiger partial charge in [-0.2, -0.15) is 4.90 Å². The minimum absolute atomic E-state index is 0.0382. The van der Waals surface area contributed by atoms with Gasteiger partial charge in [-0.15, -0.1) is 0 Å². The fourth-order valence-electron chi connectivity index (χ4n) is 2.29. The SMILES string of the molecule is CCOC(=O)Cn1ccc(S(=O)(=O)Cl)c(N(C(=O)OC(C)(C)C)C(=O)OC(C)(C)C)c1=O. The molecule has 0 fully saturated rings. The van der Waals surface area contributed by atoms with Crippen LogP contribution in [0.4, 0.5) is 15.3 Å². The first-order chi connectivity index (χ1) is 14.4. The number of amides is 2. The quantitative estimate of drug-likeness (QED) is 0.343. The molecule has 0 aliphatic heterocycles. The van der Waals surface area contributed by atoms with Crippen molar-refractivity contribution in [3.8, 4) is 0 Å². The minimum atomic E-state index is -4.63. The lowest BCUT2D eigenvalue weighted by molar-refractivity contribution is -0.143. The molecule has 0 aliphatic carbocycles. The number of ether oxygens (including phenoxy) is 3. The number of pyridine rings is 1. The van der Waals surface area contributed by atoms with Crippen molar-refractivity contribution in [3.05, 3.63) is 22.6 Å². The predicted molar refractivity (Wildman–Crippen MR) is 115 cm³/mol. The maximum Gasteiger partial charge on any atom is 0.424 e. The van der Waals surface area contributed by atoms with Crippen LogP contribution in [-0.2, 0) is 34.6 Å². The summed E-state index contributed by atoms with van der Waals surface area (Å²) in [5.41, 5.74) is -4.36. The van der Waals surface area contributed by atoms with Crippen molar-refractivity contribution in [2.75, 3.05) is 11.5 Å². The molecule has 0 bridgehead atoms. The summed E-state index contributed by atoms with van der Waals surface area (Å²) in [5.74, 6) is -0.803. The molecule has 0 aliphatic rings. The van der Waals surface area contributed by atoms with Gasteiger partial charge in [0.05, 0.1) is 6.61 Å². The highest BCUT2D eigenvalue weighted by Crippen LogP contribution is 2.28. The van der Waals surface area contributed by atoms with E-state index in [0.29, 0.717) is 0 Å². The van der Waals surface area contributed by atoms with E-state index in [-0.39, 0.29) is 11.5 Å². The molecule has 11 nitrogen and oxygen atoms in total. The Morgan fingerprint density at radius 2 is 1.50 bits per heavy atom. The molecule has 0 N–H and O–H groups in total. The summed E-state index contributed by atoms with van der Waals surface area (Å²) in [6.07, 6.45) is -1.78. The van der Waals surface area contributed by atoms with Gasteiger partial charge >= 0.3 is 18.2 Å². The molecule has 1 rings (SSSR count). The van der Waals surface area contributed by atoms with Gasteiger partial charge in [0.1, 0.15) is 28.3 Å². The van der Waals surface area contributed by atoms with Crippen molar-refractivity contribution in [3.63, 3.8) is 0 Å². The standard InChI is InChI=1S/C19H27ClN2O9S/c1-8-29-13(23)11-21-10-9-12(32(20,27)28)14(15(21)24)22(16(25)30-18(2,3)4)17(26)31-19(5,6)7/h9-10H,8,11H2,1-7H3. The van der Waals surface area contributed by atoms with Crippen LogP contribution in [0, 0.1) is 0 Å². The fourth-order valence-corrected chi connectivity index (χ4v) is 3.30. The molecule has 0 spiro atoms. The molecule has 32 heavy (non-hydrogen) atoms. The third-order valence-corrected chi connectivity index (χ3v) is 4.70. The maximum atomic E-state index is 13.1. The zero-order valence-corrected chi connectivity index (χ0v) is 20.5. The van der Waals surface area contributed by atoms with E-state index in [0.717, 1.165) is 16.8 Å². The van der Waals surface area contributed by atoms with Crippen LogP contribution in [0.25, 0.3) is 0 Å². The van der Waals surface area contributed by atoms with E-state index < -0.39 is 61.1 Å². The Kier molecular flexibility index (Phi) is 8.49. The van der Waals surface area contributed by atoms with Crippen LogP contribution in [0.5, 0.6) is 0 Å². The molecule has 13 heteroatoms. The number of hydrogen-bond acceptors (Lipinski definition) is 9. The first-order valence-electron chi connectivity index (χ1n) is 9.47. The van der Waals surface area contributed by atoms with E-state index in [9.17, 15) is 27.6 Å². The fraction of sp³-hybridized carbons (Fsp3) is 0.579. The molecule has 1 heterocycles. The first-order valence-corrected chi connectivity index (χ1v) is 11.8. The molecule has 180 valence electrons. The second-order valence-corrected chi connectivity index (χ2v) is 11.0. The molecule has 1 aromatic heterocycles. The summed E-state index contributed by atoms with van der Waals surface area (Å²) >= 11 is 0. The number of aromatic nitrogens is 1. The van der Waals surface area contributed by atoms with Gasteiger partial charge in [0, 0.05) is 16.9 Å². The van der Waals surface area contributed by atoms with E-state index in [4.69, 9.17) is 24.9 Å². The highest BCUT2D eigenvalue weighted by atomic mass is 35.7. The number of carbonyl (C=O) groups excluding carboxylic acids is 3. The number of esters is 1. The van der Waals surface area contributed by atoms with E-state index in [1.165, 1.54) is 41.5 Å². The third-order valence-electron chi connectivity index (χ3n) is 3.35. The number of imide groups is 1. The van der Waals surface area contributed by atoms with Crippen LogP contribution in [0.2, 0.25) is 0 Å². The first kappa shape index (κ1) is 27.4. The Labute approximate surface area is 190 Å². The summed E-state index contributed by atoms with van der Waals surface area (Å²) < 4.78 is 40.2. The number of nitrogens with zero attached hydrogens (tertiary/aromatic N) is 2. The van der Waals surface area contributed by atoms with Gasteiger partial charge in [0.15, 0.2) is 0 Å². The Bertz CT molecular complexity index is 1020. The lowest BCUT2D eigenvalue weighted by Gasteiger charge is -2.29. The average Bonchev–Trinajstić information content (AvgIpc) is 2.54.